The van der Waals surface area contributed by atoms with Crippen molar-refractivity contribution in [2.24, 2.45) is 0 Å². The lowest BCUT2D eigenvalue weighted by Gasteiger charge is -2.06. The van der Waals surface area contributed by atoms with Gasteiger partial charge in [0.25, 0.3) is 0 Å². The lowest BCUT2D eigenvalue weighted by atomic mass is 10.0. The van der Waals surface area contributed by atoms with Crippen molar-refractivity contribution < 1.29 is 0 Å². The molecule has 2 N–H and O–H groups in total. The van der Waals surface area contributed by atoms with E-state index < -0.39 is 0 Å². The molecule has 0 spiro atoms. The standard InChI is InChI=1S/C18H16N2/c1-3-13-9-11-17(19-13)15-7-5-6-8-16(15)18-12-10-14(4-2)20-18/h3-12,19-20H,1-2H2. The summed E-state index contributed by atoms with van der Waals surface area (Å²) in [6.07, 6.45) is 3.63. The van der Waals surface area contributed by atoms with E-state index in [9.17, 15) is 0 Å². The summed E-state index contributed by atoms with van der Waals surface area (Å²) >= 11 is 0. The van der Waals surface area contributed by atoms with Crippen molar-refractivity contribution in [3.05, 3.63) is 73.1 Å². The number of benzene rings is 1. The van der Waals surface area contributed by atoms with Gasteiger partial charge in [-0.2, -0.15) is 0 Å². The maximum atomic E-state index is 3.78. The van der Waals surface area contributed by atoms with Crippen molar-refractivity contribution in [2.75, 3.05) is 0 Å². The third-order valence-electron chi connectivity index (χ3n) is 3.36. The van der Waals surface area contributed by atoms with Crippen LogP contribution >= 0.6 is 0 Å². The minimum Gasteiger partial charge on any atom is -0.355 e. The third kappa shape index (κ3) is 2.12. The fraction of sp³-hybridized carbons (Fsp3) is 0. The number of nitrogens with one attached hydrogen (secondary N) is 2. The summed E-state index contributed by atoms with van der Waals surface area (Å²) in [7, 11) is 0. The Morgan fingerprint density at radius 1 is 0.650 bits per heavy atom. The molecular formula is C18H16N2. The molecule has 0 fully saturated rings. The van der Waals surface area contributed by atoms with E-state index in [4.69, 9.17) is 0 Å². The summed E-state index contributed by atoms with van der Waals surface area (Å²) in [5, 5.41) is 0. The van der Waals surface area contributed by atoms with Gasteiger partial charge in [0.15, 0.2) is 0 Å². The van der Waals surface area contributed by atoms with Crippen molar-refractivity contribution >= 4 is 12.2 Å². The third-order valence-corrected chi connectivity index (χ3v) is 3.36. The van der Waals surface area contributed by atoms with E-state index in [-0.39, 0.29) is 0 Å². The second-order valence-corrected chi connectivity index (χ2v) is 4.61. The molecule has 0 aliphatic rings. The van der Waals surface area contributed by atoms with Crippen molar-refractivity contribution in [2.45, 2.75) is 0 Å². The van der Waals surface area contributed by atoms with Gasteiger partial charge in [-0.1, -0.05) is 37.4 Å². The first-order valence-electron chi connectivity index (χ1n) is 6.54. The van der Waals surface area contributed by atoms with Gasteiger partial charge in [0, 0.05) is 33.9 Å². The molecule has 20 heavy (non-hydrogen) atoms. The zero-order chi connectivity index (χ0) is 13.9. The van der Waals surface area contributed by atoms with Crippen LogP contribution in [0.15, 0.2) is 61.7 Å². The Morgan fingerprint density at radius 2 is 1.10 bits per heavy atom. The Bertz CT molecular complexity index is 694. The molecule has 0 aliphatic carbocycles. The average molecular weight is 260 g/mol. The van der Waals surface area contributed by atoms with Crippen molar-refractivity contribution in [3.8, 4) is 22.5 Å². The Morgan fingerprint density at radius 3 is 1.45 bits per heavy atom. The predicted octanol–water partition coefficient (Wildman–Crippen LogP) is 4.96. The van der Waals surface area contributed by atoms with E-state index in [1.54, 1.807) is 0 Å². The Balaban J connectivity index is 2.12. The molecule has 2 aromatic heterocycles. The molecule has 0 bridgehead atoms. The molecule has 3 rings (SSSR count). The summed E-state index contributed by atoms with van der Waals surface area (Å²) in [6.45, 7) is 7.57. The van der Waals surface area contributed by atoms with Crippen LogP contribution in [0.2, 0.25) is 0 Å². The molecule has 1 aromatic carbocycles. The van der Waals surface area contributed by atoms with Gasteiger partial charge in [0.05, 0.1) is 0 Å². The highest BCUT2D eigenvalue weighted by Gasteiger charge is 2.09. The van der Waals surface area contributed by atoms with Crippen molar-refractivity contribution in [3.63, 3.8) is 0 Å². The van der Waals surface area contributed by atoms with Crippen LogP contribution in [-0.4, -0.2) is 9.97 Å². The van der Waals surface area contributed by atoms with Gasteiger partial charge in [-0.05, 0) is 36.4 Å². The number of hydrogen-bond donors (Lipinski definition) is 2. The molecule has 2 heterocycles. The van der Waals surface area contributed by atoms with Crippen LogP contribution in [0, 0.1) is 0 Å². The molecule has 0 saturated heterocycles. The van der Waals surface area contributed by atoms with Crippen molar-refractivity contribution in [1.29, 1.82) is 0 Å². The van der Waals surface area contributed by atoms with Gasteiger partial charge in [0.1, 0.15) is 0 Å². The summed E-state index contributed by atoms with van der Waals surface area (Å²) in [6, 6.07) is 16.5. The molecule has 0 unspecified atom stereocenters. The summed E-state index contributed by atoms with van der Waals surface area (Å²) < 4.78 is 0. The topological polar surface area (TPSA) is 31.6 Å². The minimum absolute atomic E-state index is 1.02. The van der Waals surface area contributed by atoms with Crippen LogP contribution < -0.4 is 0 Å². The number of aromatic amines is 2. The zero-order valence-electron chi connectivity index (χ0n) is 11.2. The van der Waals surface area contributed by atoms with Crippen molar-refractivity contribution in [1.82, 2.24) is 9.97 Å². The minimum atomic E-state index is 1.02. The molecule has 3 aromatic rings. The summed E-state index contributed by atoms with van der Waals surface area (Å²) in [5.74, 6) is 0. The second-order valence-electron chi connectivity index (χ2n) is 4.61. The molecule has 0 amide bonds. The van der Waals surface area contributed by atoms with E-state index in [1.807, 2.05) is 36.4 Å². The van der Waals surface area contributed by atoms with Gasteiger partial charge in [-0.15, -0.1) is 0 Å². The average Bonchev–Trinajstić information content (AvgIpc) is 3.16. The molecule has 2 nitrogen and oxygen atoms in total. The van der Waals surface area contributed by atoms with E-state index in [2.05, 4.69) is 47.4 Å². The van der Waals surface area contributed by atoms with Gasteiger partial charge in [-0.25, -0.2) is 0 Å². The van der Waals surface area contributed by atoms with Crippen LogP contribution in [0.25, 0.3) is 34.7 Å². The first-order valence-corrected chi connectivity index (χ1v) is 6.54. The van der Waals surface area contributed by atoms with E-state index in [1.165, 1.54) is 0 Å². The normalized spacial score (nSPS) is 10.4. The smallest absolute Gasteiger partial charge is 0.0465 e. The number of aromatic nitrogens is 2. The van der Waals surface area contributed by atoms with E-state index >= 15 is 0 Å². The van der Waals surface area contributed by atoms with Gasteiger partial charge in [0.2, 0.25) is 0 Å². The highest BCUT2D eigenvalue weighted by atomic mass is 14.7. The Labute approximate surface area is 118 Å². The largest absolute Gasteiger partial charge is 0.355 e. The van der Waals surface area contributed by atoms with Crippen LogP contribution in [-0.2, 0) is 0 Å². The Hall–Kier alpha value is -2.74. The summed E-state index contributed by atoms with van der Waals surface area (Å²) in [5.41, 5.74) is 6.55. The van der Waals surface area contributed by atoms with E-state index in [0.29, 0.717) is 0 Å². The Kier molecular flexibility index (Phi) is 3.13. The fourth-order valence-electron chi connectivity index (χ4n) is 2.33. The predicted molar refractivity (Wildman–Crippen MR) is 86.2 cm³/mol. The quantitative estimate of drug-likeness (QED) is 0.664. The molecule has 0 saturated carbocycles. The van der Waals surface area contributed by atoms with E-state index in [0.717, 1.165) is 33.9 Å². The van der Waals surface area contributed by atoms with Crippen LogP contribution in [0.5, 0.6) is 0 Å². The lowest BCUT2D eigenvalue weighted by Crippen LogP contribution is -1.85. The van der Waals surface area contributed by atoms with Crippen LogP contribution in [0.3, 0.4) is 0 Å². The molecule has 0 atom stereocenters. The monoisotopic (exact) mass is 260 g/mol. The first kappa shape index (κ1) is 12.3. The number of hydrogen-bond acceptors (Lipinski definition) is 0. The molecule has 2 heteroatoms. The molecule has 98 valence electrons. The van der Waals surface area contributed by atoms with Gasteiger partial charge >= 0.3 is 0 Å². The highest BCUT2D eigenvalue weighted by Crippen LogP contribution is 2.31. The maximum Gasteiger partial charge on any atom is 0.0465 e. The maximum absolute atomic E-state index is 3.78. The first-order chi connectivity index (χ1) is 9.81. The molecular weight excluding hydrogens is 244 g/mol. The fourth-order valence-corrected chi connectivity index (χ4v) is 2.33. The van der Waals surface area contributed by atoms with Crippen LogP contribution in [0.4, 0.5) is 0 Å². The summed E-state index contributed by atoms with van der Waals surface area (Å²) in [4.78, 5) is 6.72. The molecule has 0 radical (unpaired) electrons. The highest BCUT2D eigenvalue weighted by molar-refractivity contribution is 5.81. The van der Waals surface area contributed by atoms with Gasteiger partial charge in [-0.3, -0.25) is 0 Å². The molecule has 0 aliphatic heterocycles. The SMILES string of the molecule is C=Cc1ccc(-c2ccccc2-c2ccc(C=C)[nH]2)[nH]1. The lowest BCUT2D eigenvalue weighted by molar-refractivity contribution is 1.34. The number of H-pyrrole nitrogens is 2. The van der Waals surface area contributed by atoms with Crippen LogP contribution in [0.1, 0.15) is 11.4 Å². The second kappa shape index (κ2) is 5.10. The zero-order valence-corrected chi connectivity index (χ0v) is 11.2. The van der Waals surface area contributed by atoms with Gasteiger partial charge < -0.3 is 9.97 Å². The number of rotatable bonds is 4.